The molecule has 24 heavy (non-hydrogen) atoms. The fourth-order valence-corrected chi connectivity index (χ4v) is 4.24. The minimum Gasteiger partial charge on any atom is -0.361 e. The highest BCUT2D eigenvalue weighted by atomic mass is 32.1. The first-order chi connectivity index (χ1) is 11.6. The lowest BCUT2D eigenvalue weighted by molar-refractivity contribution is 0.175. The standard InChI is InChI=1S/C18H26N4S2/c1-20(2)8-7-19-18(23)22-11-9-21(10-12-22)13-15-14-24-17-6-4-3-5-16(15)17/h3-6,14H,7-13H2,1-2H3,(H,19,23). The Morgan fingerprint density at radius 2 is 1.96 bits per heavy atom. The number of piperazine rings is 1. The molecule has 2 heterocycles. The first-order valence-electron chi connectivity index (χ1n) is 8.48. The summed E-state index contributed by atoms with van der Waals surface area (Å²) in [6.45, 7) is 7.11. The Morgan fingerprint density at radius 3 is 2.71 bits per heavy atom. The molecule has 6 heteroatoms. The van der Waals surface area contributed by atoms with Crippen LogP contribution < -0.4 is 5.32 Å². The topological polar surface area (TPSA) is 21.8 Å². The lowest BCUT2D eigenvalue weighted by Crippen LogP contribution is -2.51. The van der Waals surface area contributed by atoms with Gasteiger partial charge in [-0.25, -0.2) is 0 Å². The van der Waals surface area contributed by atoms with Crippen molar-refractivity contribution in [3.63, 3.8) is 0 Å². The molecule has 1 N–H and O–H groups in total. The molecule has 0 aliphatic carbocycles. The van der Waals surface area contributed by atoms with Gasteiger partial charge in [-0.3, -0.25) is 4.90 Å². The van der Waals surface area contributed by atoms with E-state index in [0.29, 0.717) is 0 Å². The van der Waals surface area contributed by atoms with Crippen LogP contribution in [0.25, 0.3) is 10.1 Å². The fourth-order valence-electron chi connectivity index (χ4n) is 3.00. The second kappa shape index (κ2) is 8.25. The summed E-state index contributed by atoms with van der Waals surface area (Å²) in [7, 11) is 4.16. The van der Waals surface area contributed by atoms with Crippen LogP contribution in [0.4, 0.5) is 0 Å². The Bertz CT molecular complexity index is 674. The van der Waals surface area contributed by atoms with Crippen molar-refractivity contribution in [2.24, 2.45) is 0 Å². The molecule has 0 bridgehead atoms. The Kier molecular flexibility index (Phi) is 6.05. The molecule has 0 radical (unpaired) electrons. The Balaban J connectivity index is 1.47. The van der Waals surface area contributed by atoms with E-state index >= 15 is 0 Å². The molecule has 1 aromatic heterocycles. The highest BCUT2D eigenvalue weighted by molar-refractivity contribution is 7.80. The third-order valence-electron chi connectivity index (χ3n) is 4.45. The van der Waals surface area contributed by atoms with E-state index in [1.165, 1.54) is 15.6 Å². The van der Waals surface area contributed by atoms with Crippen LogP contribution in [-0.2, 0) is 6.54 Å². The molecule has 1 saturated heterocycles. The van der Waals surface area contributed by atoms with Crippen LogP contribution >= 0.6 is 23.6 Å². The summed E-state index contributed by atoms with van der Waals surface area (Å²) in [6, 6.07) is 8.69. The highest BCUT2D eigenvalue weighted by Crippen LogP contribution is 2.26. The van der Waals surface area contributed by atoms with Gasteiger partial charge in [-0.05, 0) is 48.7 Å². The zero-order chi connectivity index (χ0) is 16.9. The largest absolute Gasteiger partial charge is 0.361 e. The average molecular weight is 363 g/mol. The molecule has 130 valence electrons. The molecule has 0 atom stereocenters. The molecule has 0 saturated carbocycles. The minimum absolute atomic E-state index is 0.900. The van der Waals surface area contributed by atoms with E-state index in [2.05, 4.69) is 63.8 Å². The van der Waals surface area contributed by atoms with Crippen LogP contribution in [-0.4, -0.2) is 73.2 Å². The Labute approximate surface area is 154 Å². The number of benzene rings is 1. The van der Waals surface area contributed by atoms with Gasteiger partial charge in [0.05, 0.1) is 0 Å². The lowest BCUT2D eigenvalue weighted by Gasteiger charge is -2.36. The van der Waals surface area contributed by atoms with E-state index in [0.717, 1.165) is 50.9 Å². The molecule has 2 aromatic rings. The smallest absolute Gasteiger partial charge is 0.169 e. The van der Waals surface area contributed by atoms with Crippen molar-refractivity contribution in [1.82, 2.24) is 20.0 Å². The molecule has 0 spiro atoms. The van der Waals surface area contributed by atoms with Crippen LogP contribution in [0.1, 0.15) is 5.56 Å². The number of thiocarbonyl (C=S) groups is 1. The summed E-state index contributed by atoms with van der Waals surface area (Å²) in [5.41, 5.74) is 1.45. The normalized spacial score (nSPS) is 16.0. The quantitative estimate of drug-likeness (QED) is 0.823. The molecule has 4 nitrogen and oxygen atoms in total. The van der Waals surface area contributed by atoms with Crippen molar-refractivity contribution in [3.05, 3.63) is 35.2 Å². The minimum atomic E-state index is 0.900. The summed E-state index contributed by atoms with van der Waals surface area (Å²) < 4.78 is 1.39. The maximum Gasteiger partial charge on any atom is 0.169 e. The first kappa shape index (κ1) is 17.6. The zero-order valence-corrected chi connectivity index (χ0v) is 16.1. The third-order valence-corrected chi connectivity index (χ3v) is 5.86. The van der Waals surface area contributed by atoms with Crippen LogP contribution in [0.15, 0.2) is 29.6 Å². The summed E-state index contributed by atoms with van der Waals surface area (Å²) in [5, 5.41) is 7.99. The van der Waals surface area contributed by atoms with Gasteiger partial charge in [-0.15, -0.1) is 11.3 Å². The van der Waals surface area contributed by atoms with Crippen molar-refractivity contribution in [1.29, 1.82) is 0 Å². The summed E-state index contributed by atoms with van der Waals surface area (Å²) in [5.74, 6) is 0. The monoisotopic (exact) mass is 362 g/mol. The molecule has 1 aliphatic rings. The van der Waals surface area contributed by atoms with Gasteiger partial charge in [0, 0.05) is 50.5 Å². The lowest BCUT2D eigenvalue weighted by atomic mass is 10.1. The van der Waals surface area contributed by atoms with Crippen molar-refractivity contribution in [2.45, 2.75) is 6.54 Å². The van der Waals surface area contributed by atoms with Crippen molar-refractivity contribution in [3.8, 4) is 0 Å². The molecule has 1 fully saturated rings. The first-order valence-corrected chi connectivity index (χ1v) is 9.77. The van der Waals surface area contributed by atoms with E-state index in [4.69, 9.17) is 12.2 Å². The van der Waals surface area contributed by atoms with Gasteiger partial charge in [0.1, 0.15) is 0 Å². The SMILES string of the molecule is CN(C)CCNC(=S)N1CCN(Cc2csc3ccccc23)CC1. The average Bonchev–Trinajstić information content (AvgIpc) is 2.98. The molecule has 0 amide bonds. The van der Waals surface area contributed by atoms with Gasteiger partial charge in [-0.2, -0.15) is 0 Å². The number of fused-ring (bicyclic) bond motifs is 1. The molecule has 0 unspecified atom stereocenters. The van der Waals surface area contributed by atoms with Gasteiger partial charge >= 0.3 is 0 Å². The van der Waals surface area contributed by atoms with Gasteiger partial charge in [0.2, 0.25) is 0 Å². The Hall–Kier alpha value is -1.21. The van der Waals surface area contributed by atoms with Crippen LogP contribution in [0.2, 0.25) is 0 Å². The number of thiophene rings is 1. The zero-order valence-electron chi connectivity index (χ0n) is 14.5. The Morgan fingerprint density at radius 1 is 1.21 bits per heavy atom. The summed E-state index contributed by atoms with van der Waals surface area (Å²) in [4.78, 5) is 7.00. The van der Waals surface area contributed by atoms with Crippen molar-refractivity contribution >= 4 is 38.8 Å². The number of nitrogens with one attached hydrogen (secondary N) is 1. The molecule has 3 rings (SSSR count). The predicted molar refractivity (Wildman–Crippen MR) is 108 cm³/mol. The number of rotatable bonds is 5. The number of hydrogen-bond donors (Lipinski definition) is 1. The second-order valence-electron chi connectivity index (χ2n) is 6.56. The number of likely N-dealkylation sites (N-methyl/N-ethyl adjacent to an activating group) is 1. The van der Waals surface area contributed by atoms with Crippen LogP contribution in [0.5, 0.6) is 0 Å². The maximum absolute atomic E-state index is 5.52. The van der Waals surface area contributed by atoms with E-state index in [1.54, 1.807) is 0 Å². The van der Waals surface area contributed by atoms with E-state index in [1.807, 2.05) is 11.3 Å². The van der Waals surface area contributed by atoms with Crippen molar-refractivity contribution in [2.75, 3.05) is 53.4 Å². The highest BCUT2D eigenvalue weighted by Gasteiger charge is 2.19. The van der Waals surface area contributed by atoms with Gasteiger partial charge < -0.3 is 15.1 Å². The van der Waals surface area contributed by atoms with Crippen LogP contribution in [0, 0.1) is 0 Å². The maximum atomic E-state index is 5.52. The van der Waals surface area contributed by atoms with Gasteiger partial charge in [0.15, 0.2) is 5.11 Å². The van der Waals surface area contributed by atoms with Crippen LogP contribution in [0.3, 0.4) is 0 Å². The molecular weight excluding hydrogens is 336 g/mol. The fraction of sp³-hybridized carbons (Fsp3) is 0.500. The second-order valence-corrected chi connectivity index (χ2v) is 7.85. The molecular formula is C18H26N4S2. The predicted octanol–water partition coefficient (Wildman–Crippen LogP) is 2.46. The van der Waals surface area contributed by atoms with E-state index in [-0.39, 0.29) is 0 Å². The third kappa shape index (κ3) is 4.45. The van der Waals surface area contributed by atoms with E-state index in [9.17, 15) is 0 Å². The number of nitrogens with zero attached hydrogens (tertiary/aromatic N) is 3. The van der Waals surface area contributed by atoms with Gasteiger partial charge in [0.25, 0.3) is 0 Å². The summed E-state index contributed by atoms with van der Waals surface area (Å²) in [6.07, 6.45) is 0. The number of hydrogen-bond acceptors (Lipinski definition) is 4. The molecule has 1 aliphatic heterocycles. The van der Waals surface area contributed by atoms with Crippen molar-refractivity contribution < 1.29 is 0 Å². The van der Waals surface area contributed by atoms with Gasteiger partial charge in [-0.1, -0.05) is 18.2 Å². The summed E-state index contributed by atoms with van der Waals surface area (Å²) >= 11 is 7.37. The van der Waals surface area contributed by atoms with E-state index < -0.39 is 0 Å². The molecule has 1 aromatic carbocycles.